The quantitative estimate of drug-likeness (QED) is 0.439. The molecule has 1 rings (SSSR count). The molecular weight excluding hydrogens is 242 g/mol. The molecule has 3 N–H and O–H groups in total. The Hall–Kier alpha value is -2.48. The fourth-order valence-electron chi connectivity index (χ4n) is 1.45. The fraction of sp³-hybridized carbons (Fsp3) is 0.286. The minimum atomic E-state index is -0.415. The highest BCUT2D eigenvalue weighted by molar-refractivity contribution is 5.97. The highest BCUT2D eigenvalue weighted by atomic mass is 16.3. The second kappa shape index (κ2) is 6.45. The first-order chi connectivity index (χ1) is 8.93. The van der Waals surface area contributed by atoms with Crippen molar-refractivity contribution in [3.05, 3.63) is 35.5 Å². The summed E-state index contributed by atoms with van der Waals surface area (Å²) in [6, 6.07) is 6.62. The van der Waals surface area contributed by atoms with Crippen LogP contribution in [0.15, 0.2) is 30.0 Å². The molecule has 1 aromatic carbocycles. The van der Waals surface area contributed by atoms with Gasteiger partial charge < -0.3 is 15.7 Å². The van der Waals surface area contributed by atoms with E-state index in [1.807, 2.05) is 26.8 Å². The number of nitriles is 1. The highest BCUT2D eigenvalue weighted by Crippen LogP contribution is 2.20. The Bertz CT molecular complexity index is 542. The van der Waals surface area contributed by atoms with E-state index in [2.05, 4.69) is 10.6 Å². The number of phenols is 1. The van der Waals surface area contributed by atoms with Crippen LogP contribution in [0, 0.1) is 18.3 Å². The average Bonchev–Trinajstić information content (AvgIpc) is 2.31. The summed E-state index contributed by atoms with van der Waals surface area (Å²) in [5.74, 6) is -0.244. The fourth-order valence-corrected chi connectivity index (χ4v) is 1.45. The van der Waals surface area contributed by atoms with Gasteiger partial charge in [-0.15, -0.1) is 0 Å². The van der Waals surface area contributed by atoms with Crippen LogP contribution in [-0.2, 0) is 4.79 Å². The number of hydrogen-bond acceptors (Lipinski definition) is 4. The number of nitrogens with one attached hydrogen (secondary N) is 2. The highest BCUT2D eigenvalue weighted by Gasteiger charge is 2.09. The lowest BCUT2D eigenvalue weighted by Gasteiger charge is -2.09. The Morgan fingerprint density at radius 1 is 1.47 bits per heavy atom. The number of benzene rings is 1. The van der Waals surface area contributed by atoms with Crippen molar-refractivity contribution >= 4 is 11.6 Å². The van der Waals surface area contributed by atoms with Gasteiger partial charge in [0.2, 0.25) is 0 Å². The smallest absolute Gasteiger partial charge is 0.263 e. The molecule has 19 heavy (non-hydrogen) atoms. The molecule has 0 spiro atoms. The summed E-state index contributed by atoms with van der Waals surface area (Å²) in [5, 5.41) is 23.8. The van der Waals surface area contributed by atoms with Crippen LogP contribution in [0.4, 0.5) is 5.69 Å². The zero-order chi connectivity index (χ0) is 14.4. The summed E-state index contributed by atoms with van der Waals surface area (Å²) in [6.07, 6.45) is 1.36. The molecule has 0 aliphatic rings. The molecule has 0 aliphatic heterocycles. The topological polar surface area (TPSA) is 85.2 Å². The number of amides is 1. The summed E-state index contributed by atoms with van der Waals surface area (Å²) in [5.41, 5.74) is 1.54. The van der Waals surface area contributed by atoms with Crippen LogP contribution in [0.1, 0.15) is 19.4 Å². The van der Waals surface area contributed by atoms with Gasteiger partial charge in [0.25, 0.3) is 5.91 Å². The van der Waals surface area contributed by atoms with Crippen LogP contribution in [-0.4, -0.2) is 17.1 Å². The van der Waals surface area contributed by atoms with Crippen molar-refractivity contribution in [2.45, 2.75) is 26.8 Å². The monoisotopic (exact) mass is 259 g/mol. The molecule has 0 heterocycles. The SMILES string of the molecule is Cc1cc(O)ccc1N/C=C(/C#N)C(=O)NC(C)C. The molecular formula is C14H17N3O2. The van der Waals surface area contributed by atoms with Crippen molar-refractivity contribution in [1.82, 2.24) is 5.32 Å². The van der Waals surface area contributed by atoms with Crippen LogP contribution >= 0.6 is 0 Å². The lowest BCUT2D eigenvalue weighted by Crippen LogP contribution is -2.31. The van der Waals surface area contributed by atoms with E-state index < -0.39 is 5.91 Å². The van der Waals surface area contributed by atoms with Crippen molar-refractivity contribution in [3.8, 4) is 11.8 Å². The van der Waals surface area contributed by atoms with Gasteiger partial charge in [0.1, 0.15) is 17.4 Å². The number of aryl methyl sites for hydroxylation is 1. The van der Waals surface area contributed by atoms with E-state index in [-0.39, 0.29) is 17.4 Å². The van der Waals surface area contributed by atoms with E-state index in [0.717, 1.165) is 11.3 Å². The second-order valence-corrected chi connectivity index (χ2v) is 4.44. The maximum Gasteiger partial charge on any atom is 0.263 e. The van der Waals surface area contributed by atoms with Crippen molar-refractivity contribution in [1.29, 1.82) is 5.26 Å². The van der Waals surface area contributed by atoms with Gasteiger partial charge in [0.05, 0.1) is 0 Å². The summed E-state index contributed by atoms with van der Waals surface area (Å²) >= 11 is 0. The Kier molecular flexibility index (Phi) is 4.95. The number of nitrogens with zero attached hydrogens (tertiary/aromatic N) is 1. The Morgan fingerprint density at radius 3 is 2.68 bits per heavy atom. The first-order valence-corrected chi connectivity index (χ1v) is 5.91. The van der Waals surface area contributed by atoms with E-state index in [9.17, 15) is 9.90 Å². The molecule has 0 aromatic heterocycles. The van der Waals surface area contributed by atoms with Crippen molar-refractivity contribution in [2.75, 3.05) is 5.32 Å². The van der Waals surface area contributed by atoms with Gasteiger partial charge in [-0.25, -0.2) is 0 Å². The first-order valence-electron chi connectivity index (χ1n) is 5.91. The number of anilines is 1. The van der Waals surface area contributed by atoms with Gasteiger partial charge >= 0.3 is 0 Å². The van der Waals surface area contributed by atoms with Crippen LogP contribution in [0.3, 0.4) is 0 Å². The molecule has 0 aliphatic carbocycles. The molecule has 5 heteroatoms. The summed E-state index contributed by atoms with van der Waals surface area (Å²) in [4.78, 5) is 11.7. The molecule has 0 radical (unpaired) electrons. The van der Waals surface area contributed by atoms with Gasteiger partial charge in [0.15, 0.2) is 0 Å². The minimum Gasteiger partial charge on any atom is -0.508 e. The predicted molar refractivity (Wildman–Crippen MR) is 73.4 cm³/mol. The number of hydrogen-bond donors (Lipinski definition) is 3. The Morgan fingerprint density at radius 2 is 2.16 bits per heavy atom. The lowest BCUT2D eigenvalue weighted by molar-refractivity contribution is -0.117. The van der Waals surface area contributed by atoms with Crippen molar-refractivity contribution < 1.29 is 9.90 Å². The zero-order valence-electron chi connectivity index (χ0n) is 11.2. The van der Waals surface area contributed by atoms with E-state index in [1.54, 1.807) is 12.1 Å². The van der Waals surface area contributed by atoms with Crippen molar-refractivity contribution in [2.24, 2.45) is 0 Å². The van der Waals surface area contributed by atoms with E-state index in [4.69, 9.17) is 5.26 Å². The average molecular weight is 259 g/mol. The minimum absolute atomic E-state index is 0.00109. The van der Waals surface area contributed by atoms with E-state index in [0.29, 0.717) is 0 Å². The third-order valence-electron chi connectivity index (χ3n) is 2.37. The molecule has 0 bridgehead atoms. The summed E-state index contributed by atoms with van der Waals surface area (Å²) < 4.78 is 0. The molecule has 0 atom stereocenters. The molecule has 5 nitrogen and oxygen atoms in total. The van der Waals surface area contributed by atoms with Gasteiger partial charge in [-0.2, -0.15) is 5.26 Å². The molecule has 1 aromatic rings. The van der Waals surface area contributed by atoms with Crippen LogP contribution in [0.2, 0.25) is 0 Å². The van der Waals surface area contributed by atoms with Gasteiger partial charge in [-0.05, 0) is 44.5 Å². The van der Waals surface area contributed by atoms with E-state index in [1.165, 1.54) is 12.3 Å². The number of carbonyl (C=O) groups excluding carboxylic acids is 1. The number of aromatic hydroxyl groups is 1. The molecule has 0 saturated carbocycles. The van der Waals surface area contributed by atoms with E-state index >= 15 is 0 Å². The molecule has 0 fully saturated rings. The third-order valence-corrected chi connectivity index (χ3v) is 2.37. The molecule has 1 amide bonds. The Labute approximate surface area is 112 Å². The van der Waals surface area contributed by atoms with Crippen LogP contribution in [0.25, 0.3) is 0 Å². The van der Waals surface area contributed by atoms with Gasteiger partial charge in [-0.1, -0.05) is 0 Å². The predicted octanol–water partition coefficient (Wildman–Crippen LogP) is 2.04. The normalized spacial score (nSPS) is 11.0. The molecule has 0 unspecified atom stereocenters. The Balaban J connectivity index is 2.83. The number of carbonyl (C=O) groups is 1. The first kappa shape index (κ1) is 14.6. The van der Waals surface area contributed by atoms with Gasteiger partial charge in [0, 0.05) is 17.9 Å². The maximum atomic E-state index is 11.7. The van der Waals surface area contributed by atoms with Crippen LogP contribution in [0.5, 0.6) is 5.75 Å². The molecule has 100 valence electrons. The van der Waals surface area contributed by atoms with Crippen LogP contribution < -0.4 is 10.6 Å². The summed E-state index contributed by atoms with van der Waals surface area (Å²) in [7, 11) is 0. The largest absolute Gasteiger partial charge is 0.508 e. The summed E-state index contributed by atoms with van der Waals surface area (Å²) in [6.45, 7) is 5.46. The third kappa shape index (κ3) is 4.36. The zero-order valence-corrected chi connectivity index (χ0v) is 11.2. The molecule has 0 saturated heterocycles. The standard InChI is InChI=1S/C14H17N3O2/c1-9(2)17-14(19)11(7-15)8-16-13-5-4-12(18)6-10(13)3/h4-6,8-9,16,18H,1-3H3,(H,17,19)/b11-8-. The van der Waals surface area contributed by atoms with Gasteiger partial charge in [-0.3, -0.25) is 4.79 Å². The number of phenolic OH excluding ortho intramolecular Hbond substituents is 1. The maximum absolute atomic E-state index is 11.7. The van der Waals surface area contributed by atoms with Crippen molar-refractivity contribution in [3.63, 3.8) is 0 Å². The lowest BCUT2D eigenvalue weighted by atomic mass is 10.2. The number of rotatable bonds is 4. The second-order valence-electron chi connectivity index (χ2n) is 4.44.